The van der Waals surface area contributed by atoms with E-state index in [4.69, 9.17) is 21.1 Å². The van der Waals surface area contributed by atoms with Gasteiger partial charge in [-0.3, -0.25) is 9.69 Å². The molecule has 6 rings (SSSR count). The molecule has 2 fully saturated rings. The maximum absolute atomic E-state index is 13.5. The maximum atomic E-state index is 13.5. The van der Waals surface area contributed by atoms with Crippen molar-refractivity contribution in [1.82, 2.24) is 24.8 Å². The summed E-state index contributed by atoms with van der Waals surface area (Å²) in [4.78, 5) is 30.4. The normalized spacial score (nSPS) is 18.6. The van der Waals surface area contributed by atoms with Gasteiger partial charge >= 0.3 is 0 Å². The predicted octanol–water partition coefficient (Wildman–Crippen LogP) is 3.66. The first-order valence-electron chi connectivity index (χ1n) is 13.1. The summed E-state index contributed by atoms with van der Waals surface area (Å²) in [6.07, 6.45) is 4.41. The van der Waals surface area contributed by atoms with E-state index in [1.807, 2.05) is 24.0 Å². The van der Waals surface area contributed by atoms with Gasteiger partial charge in [-0.05, 0) is 31.9 Å². The Hall–Kier alpha value is -3.08. The van der Waals surface area contributed by atoms with Crippen LogP contribution in [0.2, 0.25) is 5.02 Å². The number of H-pyrrole nitrogens is 1. The fourth-order valence-electron chi connectivity index (χ4n) is 5.61. The Kier molecular flexibility index (Phi) is 6.79. The molecule has 3 aliphatic heterocycles. The first-order chi connectivity index (χ1) is 18.1. The number of nitrogens with one attached hydrogen (secondary N) is 3. The minimum atomic E-state index is 0.0851. The highest BCUT2D eigenvalue weighted by Crippen LogP contribution is 2.39. The Labute approximate surface area is 220 Å². The van der Waals surface area contributed by atoms with Gasteiger partial charge in [0.1, 0.15) is 17.2 Å². The summed E-state index contributed by atoms with van der Waals surface area (Å²) < 4.78 is 11.5. The number of hydrogen-bond acceptors (Lipinski definition) is 8. The summed E-state index contributed by atoms with van der Waals surface area (Å²) in [7, 11) is 0. The molecule has 2 aromatic heterocycles. The largest absolute Gasteiger partial charge is 0.491 e. The van der Waals surface area contributed by atoms with Gasteiger partial charge in [-0.2, -0.15) is 9.97 Å². The van der Waals surface area contributed by atoms with E-state index in [0.29, 0.717) is 53.8 Å². The molecule has 0 radical (unpaired) electrons. The molecule has 1 amide bonds. The van der Waals surface area contributed by atoms with Crippen LogP contribution in [0, 0.1) is 0 Å². The Morgan fingerprint density at radius 2 is 1.97 bits per heavy atom. The van der Waals surface area contributed by atoms with E-state index in [1.54, 1.807) is 6.20 Å². The topological polar surface area (TPSA) is 108 Å². The second kappa shape index (κ2) is 10.4. The molecular formula is C26H32ClN7O3. The van der Waals surface area contributed by atoms with Gasteiger partial charge in [0.15, 0.2) is 0 Å². The molecule has 0 bridgehead atoms. The number of rotatable bonds is 6. The van der Waals surface area contributed by atoms with Gasteiger partial charge in [0.25, 0.3) is 5.91 Å². The lowest BCUT2D eigenvalue weighted by Gasteiger charge is -2.40. The summed E-state index contributed by atoms with van der Waals surface area (Å²) >= 11 is 6.33. The highest BCUT2D eigenvalue weighted by molar-refractivity contribution is 6.36. The molecule has 3 aliphatic rings. The number of aromatic amines is 1. The molecule has 0 saturated carbocycles. The minimum absolute atomic E-state index is 0.0851. The molecular weight excluding hydrogens is 494 g/mol. The van der Waals surface area contributed by atoms with Gasteiger partial charge in [0, 0.05) is 62.5 Å². The summed E-state index contributed by atoms with van der Waals surface area (Å²) in [6.45, 7) is 8.38. The van der Waals surface area contributed by atoms with Crippen molar-refractivity contribution in [2.75, 3.05) is 63.2 Å². The molecule has 5 heterocycles. The highest BCUT2D eigenvalue weighted by atomic mass is 35.5. The zero-order valence-corrected chi connectivity index (χ0v) is 21.7. The molecule has 3 N–H and O–H groups in total. The van der Waals surface area contributed by atoms with Crippen molar-refractivity contribution in [2.45, 2.75) is 32.2 Å². The Bertz CT molecular complexity index is 1300. The van der Waals surface area contributed by atoms with E-state index in [-0.39, 0.29) is 5.91 Å². The number of aromatic nitrogens is 3. The van der Waals surface area contributed by atoms with Gasteiger partial charge in [-0.1, -0.05) is 11.6 Å². The van der Waals surface area contributed by atoms with Crippen LogP contribution in [0.4, 0.5) is 17.5 Å². The number of piperidine rings is 1. The van der Waals surface area contributed by atoms with Crippen LogP contribution < -0.4 is 15.4 Å². The number of amides is 1. The zero-order chi connectivity index (χ0) is 25.4. The molecule has 2 saturated heterocycles. The summed E-state index contributed by atoms with van der Waals surface area (Å²) in [5.74, 6) is 1.86. The Morgan fingerprint density at radius 1 is 1.16 bits per heavy atom. The van der Waals surface area contributed by atoms with Crippen molar-refractivity contribution in [3.05, 3.63) is 34.5 Å². The standard InChI is InChI=1S/C26H32ClN7O3/c1-2-28-23-21-19(27)15-29-24(21)32-26(31-23)30-20-4-3-18(17-7-12-37-22(17)20)25(35)34-8-5-16(6-9-34)33-10-13-36-14-11-33/h3-4,15-16H,2,5-14H2,1H3,(H3,28,29,30,31,32). The maximum Gasteiger partial charge on any atom is 0.254 e. The number of hydrogen-bond donors (Lipinski definition) is 3. The quantitative estimate of drug-likeness (QED) is 0.447. The molecule has 1 aromatic carbocycles. The Balaban J connectivity index is 1.20. The van der Waals surface area contributed by atoms with Crippen LogP contribution in [-0.4, -0.2) is 89.2 Å². The fraction of sp³-hybridized carbons (Fsp3) is 0.500. The van der Waals surface area contributed by atoms with Crippen molar-refractivity contribution in [3.8, 4) is 5.75 Å². The molecule has 10 nitrogen and oxygen atoms in total. The van der Waals surface area contributed by atoms with Crippen LogP contribution in [0.15, 0.2) is 18.3 Å². The monoisotopic (exact) mass is 525 g/mol. The van der Waals surface area contributed by atoms with Crippen LogP contribution in [0.1, 0.15) is 35.7 Å². The molecule has 0 atom stereocenters. The predicted molar refractivity (Wildman–Crippen MR) is 143 cm³/mol. The van der Waals surface area contributed by atoms with Crippen LogP contribution >= 0.6 is 11.6 Å². The lowest BCUT2D eigenvalue weighted by Crippen LogP contribution is -2.50. The number of ether oxygens (including phenoxy) is 2. The summed E-state index contributed by atoms with van der Waals surface area (Å²) in [6, 6.07) is 4.33. The number of morpholine rings is 1. The van der Waals surface area contributed by atoms with E-state index in [1.165, 1.54) is 0 Å². The van der Waals surface area contributed by atoms with Gasteiger partial charge in [-0.15, -0.1) is 0 Å². The van der Waals surface area contributed by atoms with Crippen molar-refractivity contribution in [1.29, 1.82) is 0 Å². The lowest BCUT2D eigenvalue weighted by atomic mass is 9.99. The smallest absolute Gasteiger partial charge is 0.254 e. The molecule has 0 unspecified atom stereocenters. The number of carbonyl (C=O) groups is 1. The summed E-state index contributed by atoms with van der Waals surface area (Å²) in [5, 5.41) is 7.88. The van der Waals surface area contributed by atoms with Crippen LogP contribution in [0.5, 0.6) is 5.75 Å². The third kappa shape index (κ3) is 4.69. The lowest BCUT2D eigenvalue weighted by molar-refractivity contribution is 0.00158. The fourth-order valence-corrected chi connectivity index (χ4v) is 5.84. The number of likely N-dealkylation sites (tertiary alicyclic amines) is 1. The molecule has 0 spiro atoms. The zero-order valence-electron chi connectivity index (χ0n) is 21.0. The number of benzene rings is 1. The van der Waals surface area contributed by atoms with Gasteiger partial charge in [-0.25, -0.2) is 0 Å². The number of anilines is 3. The van der Waals surface area contributed by atoms with E-state index in [0.717, 1.165) is 74.4 Å². The molecule has 0 aliphatic carbocycles. The average Bonchev–Trinajstić information content (AvgIpc) is 3.57. The van der Waals surface area contributed by atoms with Gasteiger partial charge in [0.2, 0.25) is 5.95 Å². The Morgan fingerprint density at radius 3 is 2.76 bits per heavy atom. The highest BCUT2D eigenvalue weighted by Gasteiger charge is 2.31. The van der Waals surface area contributed by atoms with Gasteiger partial charge < -0.3 is 30.0 Å². The average molecular weight is 526 g/mol. The van der Waals surface area contributed by atoms with E-state index in [9.17, 15) is 4.79 Å². The second-order valence-electron chi connectivity index (χ2n) is 9.65. The van der Waals surface area contributed by atoms with Crippen LogP contribution in [0.25, 0.3) is 11.0 Å². The number of nitrogens with zero attached hydrogens (tertiary/aromatic N) is 4. The minimum Gasteiger partial charge on any atom is -0.491 e. The van der Waals surface area contributed by atoms with Crippen molar-refractivity contribution < 1.29 is 14.3 Å². The molecule has 11 heteroatoms. The van der Waals surface area contributed by atoms with Crippen molar-refractivity contribution >= 4 is 46.0 Å². The van der Waals surface area contributed by atoms with Crippen LogP contribution in [-0.2, 0) is 11.2 Å². The third-order valence-electron chi connectivity index (χ3n) is 7.48. The molecule has 37 heavy (non-hydrogen) atoms. The van der Waals surface area contributed by atoms with E-state index in [2.05, 4.69) is 30.5 Å². The van der Waals surface area contributed by atoms with E-state index < -0.39 is 0 Å². The number of fused-ring (bicyclic) bond motifs is 2. The van der Waals surface area contributed by atoms with Crippen molar-refractivity contribution in [2.24, 2.45) is 0 Å². The number of halogens is 1. The second-order valence-corrected chi connectivity index (χ2v) is 10.1. The van der Waals surface area contributed by atoms with Crippen LogP contribution in [0.3, 0.4) is 0 Å². The molecule has 3 aromatic rings. The van der Waals surface area contributed by atoms with Gasteiger partial charge in [0.05, 0.1) is 35.9 Å². The summed E-state index contributed by atoms with van der Waals surface area (Å²) in [5.41, 5.74) is 3.06. The SMILES string of the molecule is CCNc1nc(Nc2ccc(C(=O)N3CCC(N4CCOCC4)CC3)c3c2OCC3)nc2[nH]cc(Cl)c12. The van der Waals surface area contributed by atoms with Crippen molar-refractivity contribution in [3.63, 3.8) is 0 Å². The number of carbonyl (C=O) groups excluding carboxylic acids is 1. The third-order valence-corrected chi connectivity index (χ3v) is 7.78. The molecule has 196 valence electrons. The van der Waals surface area contributed by atoms with E-state index >= 15 is 0 Å². The first-order valence-corrected chi connectivity index (χ1v) is 13.5. The first kappa shape index (κ1) is 24.3.